The lowest BCUT2D eigenvalue weighted by Gasteiger charge is -2.53. The van der Waals surface area contributed by atoms with E-state index in [9.17, 15) is 9.90 Å². The average molecular weight is 417 g/mol. The molecule has 3 fully saturated rings. The quantitative estimate of drug-likeness (QED) is 0.785. The standard InChI is InChI=1S/C23H36N4O3/c1-16-17(2)24-15-25-20(16)27-11-8-23(9-12-27)21(29)22(3,10-13-30-23)26-19(28)14-18-6-4-5-7-18/h15,18,21,29H,4-14H2,1-3H3,(H,26,28)/t21-,22+/m0/s1. The Morgan fingerprint density at radius 3 is 2.63 bits per heavy atom. The maximum Gasteiger partial charge on any atom is 0.220 e. The van der Waals surface area contributed by atoms with Crippen LogP contribution in [0.1, 0.15) is 69.5 Å². The van der Waals surface area contributed by atoms with Gasteiger partial charge in [0.1, 0.15) is 18.2 Å². The molecule has 3 aliphatic rings. The summed E-state index contributed by atoms with van der Waals surface area (Å²) < 4.78 is 6.21. The molecule has 7 heteroatoms. The number of nitrogens with one attached hydrogen (secondary N) is 1. The number of nitrogens with zero attached hydrogens (tertiary/aromatic N) is 3. The van der Waals surface area contributed by atoms with Gasteiger partial charge in [0.05, 0.1) is 11.1 Å². The number of carbonyl (C=O) groups is 1. The number of ether oxygens (including phenoxy) is 1. The number of amides is 1. The summed E-state index contributed by atoms with van der Waals surface area (Å²) in [5, 5.41) is 14.6. The first kappa shape index (κ1) is 21.5. The molecule has 2 aliphatic heterocycles. The molecule has 1 aromatic heterocycles. The maximum absolute atomic E-state index is 12.7. The summed E-state index contributed by atoms with van der Waals surface area (Å²) in [6.45, 7) is 8.13. The fourth-order valence-electron chi connectivity index (χ4n) is 5.60. The minimum atomic E-state index is -0.721. The number of piperidine rings is 1. The van der Waals surface area contributed by atoms with E-state index in [1.165, 1.54) is 12.8 Å². The monoisotopic (exact) mass is 416 g/mol. The number of anilines is 1. The molecule has 0 aromatic carbocycles. The summed E-state index contributed by atoms with van der Waals surface area (Å²) in [5.74, 6) is 1.54. The van der Waals surface area contributed by atoms with Crippen LogP contribution in [-0.4, -0.2) is 57.9 Å². The lowest BCUT2D eigenvalue weighted by Crippen LogP contribution is -2.69. The highest BCUT2D eigenvalue weighted by atomic mass is 16.5. The molecule has 3 heterocycles. The van der Waals surface area contributed by atoms with Gasteiger partial charge in [0.2, 0.25) is 5.91 Å². The predicted molar refractivity (Wildman–Crippen MR) is 115 cm³/mol. The number of rotatable bonds is 4. The van der Waals surface area contributed by atoms with Crippen molar-refractivity contribution < 1.29 is 14.6 Å². The SMILES string of the molecule is Cc1ncnc(N2CCC3(CC2)OCC[C@@](C)(NC(=O)CC2CCCC2)[C@@H]3O)c1C. The van der Waals surface area contributed by atoms with Crippen molar-refractivity contribution in [3.8, 4) is 0 Å². The summed E-state index contributed by atoms with van der Waals surface area (Å²) in [7, 11) is 0. The molecule has 0 bridgehead atoms. The topological polar surface area (TPSA) is 87.6 Å². The van der Waals surface area contributed by atoms with Gasteiger partial charge in [-0.3, -0.25) is 4.79 Å². The Hall–Kier alpha value is -1.73. The second kappa shape index (κ2) is 8.42. The number of carbonyl (C=O) groups excluding carboxylic acids is 1. The fourth-order valence-corrected chi connectivity index (χ4v) is 5.60. The highest BCUT2D eigenvalue weighted by Crippen LogP contribution is 2.41. The number of aliphatic hydroxyl groups excluding tert-OH is 1. The van der Waals surface area contributed by atoms with Gasteiger partial charge in [-0.15, -0.1) is 0 Å². The van der Waals surface area contributed by atoms with Crippen molar-refractivity contribution in [2.75, 3.05) is 24.6 Å². The zero-order valence-corrected chi connectivity index (χ0v) is 18.6. The van der Waals surface area contributed by atoms with Gasteiger partial charge in [0, 0.05) is 37.4 Å². The summed E-state index contributed by atoms with van der Waals surface area (Å²) in [5.41, 5.74) is 0.840. The van der Waals surface area contributed by atoms with E-state index < -0.39 is 17.2 Å². The molecule has 0 unspecified atom stereocenters. The molecule has 1 amide bonds. The van der Waals surface area contributed by atoms with Crippen molar-refractivity contribution in [2.45, 2.75) is 89.4 Å². The van der Waals surface area contributed by atoms with Gasteiger partial charge in [0.15, 0.2) is 0 Å². The van der Waals surface area contributed by atoms with Crippen LogP contribution in [0.2, 0.25) is 0 Å². The Morgan fingerprint density at radius 2 is 1.93 bits per heavy atom. The molecule has 2 saturated heterocycles. The summed E-state index contributed by atoms with van der Waals surface area (Å²) >= 11 is 0. The zero-order valence-electron chi connectivity index (χ0n) is 18.6. The van der Waals surface area contributed by atoms with Crippen molar-refractivity contribution in [1.29, 1.82) is 0 Å². The third-order valence-electron chi connectivity index (χ3n) is 7.71. The maximum atomic E-state index is 12.7. The molecular formula is C23H36N4O3. The van der Waals surface area contributed by atoms with Gasteiger partial charge in [0.25, 0.3) is 0 Å². The Bertz CT molecular complexity index is 772. The van der Waals surface area contributed by atoms with Crippen LogP contribution in [0.3, 0.4) is 0 Å². The molecule has 1 aromatic rings. The molecule has 0 radical (unpaired) electrons. The first-order chi connectivity index (χ1) is 14.3. The first-order valence-corrected chi connectivity index (χ1v) is 11.5. The molecule has 2 atom stereocenters. The molecule has 2 N–H and O–H groups in total. The van der Waals surface area contributed by atoms with Crippen LogP contribution < -0.4 is 10.2 Å². The molecule has 1 saturated carbocycles. The van der Waals surface area contributed by atoms with Gasteiger partial charge < -0.3 is 20.1 Å². The Kier molecular flexibility index (Phi) is 6.04. The molecule has 4 rings (SSSR count). The van der Waals surface area contributed by atoms with Crippen LogP contribution in [0, 0.1) is 19.8 Å². The smallest absolute Gasteiger partial charge is 0.220 e. The van der Waals surface area contributed by atoms with E-state index in [1.54, 1.807) is 6.33 Å². The van der Waals surface area contributed by atoms with Crippen molar-refractivity contribution >= 4 is 11.7 Å². The lowest BCUT2D eigenvalue weighted by molar-refractivity contribution is -0.198. The third kappa shape index (κ3) is 4.06. The van der Waals surface area contributed by atoms with Crippen LogP contribution in [-0.2, 0) is 9.53 Å². The molecule has 30 heavy (non-hydrogen) atoms. The molecular weight excluding hydrogens is 380 g/mol. The fraction of sp³-hybridized carbons (Fsp3) is 0.783. The first-order valence-electron chi connectivity index (χ1n) is 11.5. The van der Waals surface area contributed by atoms with E-state index in [1.807, 2.05) is 13.8 Å². The Morgan fingerprint density at radius 1 is 1.23 bits per heavy atom. The lowest BCUT2D eigenvalue weighted by atomic mass is 9.73. The van der Waals surface area contributed by atoms with Crippen LogP contribution >= 0.6 is 0 Å². The Balaban J connectivity index is 1.42. The minimum Gasteiger partial charge on any atom is -0.388 e. The van der Waals surface area contributed by atoms with Crippen molar-refractivity contribution in [3.63, 3.8) is 0 Å². The van der Waals surface area contributed by atoms with Crippen LogP contribution in [0.4, 0.5) is 5.82 Å². The van der Waals surface area contributed by atoms with Gasteiger partial charge >= 0.3 is 0 Å². The van der Waals surface area contributed by atoms with Crippen molar-refractivity contribution in [3.05, 3.63) is 17.6 Å². The largest absolute Gasteiger partial charge is 0.388 e. The van der Waals surface area contributed by atoms with Crippen molar-refractivity contribution in [1.82, 2.24) is 15.3 Å². The predicted octanol–water partition coefficient (Wildman–Crippen LogP) is 2.67. The number of aromatic nitrogens is 2. The van der Waals surface area contributed by atoms with E-state index in [0.717, 1.165) is 43.0 Å². The van der Waals surface area contributed by atoms with Gasteiger partial charge in [-0.05, 0) is 58.8 Å². The van der Waals surface area contributed by atoms with Crippen LogP contribution in [0.15, 0.2) is 6.33 Å². The normalized spacial score (nSPS) is 29.3. The van der Waals surface area contributed by atoms with E-state index in [-0.39, 0.29) is 5.91 Å². The third-order valence-corrected chi connectivity index (χ3v) is 7.71. The number of aryl methyl sites for hydroxylation is 1. The average Bonchev–Trinajstić information content (AvgIpc) is 3.22. The van der Waals surface area contributed by atoms with Crippen LogP contribution in [0.5, 0.6) is 0 Å². The second-order valence-corrected chi connectivity index (χ2v) is 9.78. The molecule has 1 spiro atoms. The molecule has 166 valence electrons. The number of aliphatic hydroxyl groups is 1. The number of hydrogen-bond acceptors (Lipinski definition) is 6. The van der Waals surface area contributed by atoms with E-state index in [4.69, 9.17) is 4.74 Å². The van der Waals surface area contributed by atoms with E-state index in [0.29, 0.717) is 38.2 Å². The van der Waals surface area contributed by atoms with E-state index >= 15 is 0 Å². The van der Waals surface area contributed by atoms with Crippen LogP contribution in [0.25, 0.3) is 0 Å². The van der Waals surface area contributed by atoms with Crippen molar-refractivity contribution in [2.24, 2.45) is 5.92 Å². The molecule has 7 nitrogen and oxygen atoms in total. The van der Waals surface area contributed by atoms with E-state index in [2.05, 4.69) is 27.1 Å². The van der Waals surface area contributed by atoms with Gasteiger partial charge in [-0.1, -0.05) is 12.8 Å². The highest BCUT2D eigenvalue weighted by Gasteiger charge is 2.54. The van der Waals surface area contributed by atoms with Gasteiger partial charge in [-0.2, -0.15) is 0 Å². The zero-order chi connectivity index (χ0) is 21.4. The minimum absolute atomic E-state index is 0.0741. The second-order valence-electron chi connectivity index (χ2n) is 9.78. The summed E-state index contributed by atoms with van der Waals surface area (Å²) in [6.07, 6.45) is 8.31. The highest BCUT2D eigenvalue weighted by molar-refractivity contribution is 5.77. The Labute approximate surface area is 179 Å². The summed E-state index contributed by atoms with van der Waals surface area (Å²) in [4.78, 5) is 23.7. The summed E-state index contributed by atoms with van der Waals surface area (Å²) in [6, 6.07) is 0. The number of hydrogen-bond donors (Lipinski definition) is 2. The molecule has 1 aliphatic carbocycles. The van der Waals surface area contributed by atoms with Gasteiger partial charge in [-0.25, -0.2) is 9.97 Å².